The van der Waals surface area contributed by atoms with Crippen LogP contribution in [-0.4, -0.2) is 0 Å². The molecule has 2 aromatic carbocycles. The highest BCUT2D eigenvalue weighted by molar-refractivity contribution is 8.05. The summed E-state index contributed by atoms with van der Waals surface area (Å²) >= 11 is 1.94. The molecule has 2 heteroatoms. The van der Waals surface area contributed by atoms with E-state index in [0.717, 1.165) is 0 Å². The first-order valence-electron chi connectivity index (χ1n) is 9.14. The summed E-state index contributed by atoms with van der Waals surface area (Å²) in [6.45, 7) is 4.58. The highest BCUT2D eigenvalue weighted by atomic mass is 32.2. The second-order valence-electron chi connectivity index (χ2n) is 6.22. The Morgan fingerprint density at radius 2 is 1.46 bits per heavy atom. The highest BCUT2D eigenvalue weighted by Gasteiger charge is 2.38. The molecule has 1 aliphatic rings. The van der Waals surface area contributed by atoms with Crippen LogP contribution in [0.2, 0.25) is 0 Å². The van der Waals surface area contributed by atoms with Crippen LogP contribution < -0.4 is 0 Å². The Morgan fingerprint density at radius 1 is 0.875 bits per heavy atom. The number of hydrogen-bond donors (Lipinski definition) is 0. The lowest BCUT2D eigenvalue weighted by Crippen LogP contribution is -2.13. The SMILES string of the molecule is CCCC/C=C(/CCCC)[S+]1c2ccccc2Sc2ccccc21. The Morgan fingerprint density at radius 3 is 2.04 bits per heavy atom. The van der Waals surface area contributed by atoms with Crippen LogP contribution in [0.15, 0.2) is 79.1 Å². The third-order valence-electron chi connectivity index (χ3n) is 4.33. The Bertz CT molecular complexity index is 657. The zero-order valence-corrected chi connectivity index (χ0v) is 16.4. The van der Waals surface area contributed by atoms with Gasteiger partial charge in [-0.3, -0.25) is 0 Å². The van der Waals surface area contributed by atoms with Gasteiger partial charge in [-0.2, -0.15) is 0 Å². The fraction of sp³-hybridized carbons (Fsp3) is 0.364. The van der Waals surface area contributed by atoms with Crippen molar-refractivity contribution in [2.24, 2.45) is 0 Å². The summed E-state index contributed by atoms with van der Waals surface area (Å²) < 4.78 is 0. The molecule has 0 unspecified atom stereocenters. The minimum atomic E-state index is 0.103. The maximum Gasteiger partial charge on any atom is 0.180 e. The van der Waals surface area contributed by atoms with Crippen LogP contribution in [0.1, 0.15) is 52.4 Å². The third-order valence-corrected chi connectivity index (χ3v) is 8.22. The van der Waals surface area contributed by atoms with Gasteiger partial charge < -0.3 is 0 Å². The molecule has 0 nitrogen and oxygen atoms in total. The van der Waals surface area contributed by atoms with Gasteiger partial charge in [0.1, 0.15) is 4.91 Å². The van der Waals surface area contributed by atoms with E-state index < -0.39 is 0 Å². The molecular weight excluding hydrogens is 328 g/mol. The molecule has 0 spiro atoms. The van der Waals surface area contributed by atoms with Gasteiger partial charge in [0.15, 0.2) is 9.79 Å². The lowest BCUT2D eigenvalue weighted by atomic mass is 10.2. The summed E-state index contributed by atoms with van der Waals surface area (Å²) in [7, 11) is 0.103. The van der Waals surface area contributed by atoms with Crippen LogP contribution in [0.3, 0.4) is 0 Å². The fourth-order valence-electron chi connectivity index (χ4n) is 3.03. The second kappa shape index (κ2) is 8.82. The molecule has 0 N–H and O–H groups in total. The summed E-state index contributed by atoms with van der Waals surface area (Å²) in [5, 5.41) is 0. The van der Waals surface area contributed by atoms with Crippen LogP contribution in [0.4, 0.5) is 0 Å². The van der Waals surface area contributed by atoms with Crippen molar-refractivity contribution in [1.29, 1.82) is 0 Å². The Kier molecular flexibility index (Phi) is 6.51. The first kappa shape index (κ1) is 17.7. The lowest BCUT2D eigenvalue weighted by Gasteiger charge is -2.20. The van der Waals surface area contributed by atoms with Gasteiger partial charge in [-0.15, -0.1) is 0 Å². The van der Waals surface area contributed by atoms with Crippen molar-refractivity contribution in [3.63, 3.8) is 0 Å². The largest absolute Gasteiger partial charge is 0.180 e. The Labute approximate surface area is 154 Å². The fourth-order valence-corrected chi connectivity index (χ4v) is 7.05. The number of fused-ring (bicyclic) bond motifs is 2. The Hall–Kier alpha value is -1.12. The van der Waals surface area contributed by atoms with E-state index in [1.165, 1.54) is 58.1 Å². The van der Waals surface area contributed by atoms with Crippen LogP contribution >= 0.6 is 11.8 Å². The van der Waals surface area contributed by atoms with E-state index >= 15 is 0 Å². The van der Waals surface area contributed by atoms with Gasteiger partial charge in [0.25, 0.3) is 0 Å². The molecule has 0 amide bonds. The minimum Gasteiger partial charge on any atom is -0.0795 e. The smallest absolute Gasteiger partial charge is 0.0795 e. The Balaban J connectivity index is 2.04. The molecule has 2 aromatic rings. The van der Waals surface area contributed by atoms with Crippen molar-refractivity contribution in [1.82, 2.24) is 0 Å². The molecule has 0 radical (unpaired) electrons. The number of benzene rings is 2. The van der Waals surface area contributed by atoms with E-state index in [4.69, 9.17) is 0 Å². The van der Waals surface area contributed by atoms with Crippen molar-refractivity contribution in [3.05, 3.63) is 59.5 Å². The van der Waals surface area contributed by atoms with Crippen molar-refractivity contribution in [3.8, 4) is 0 Å². The monoisotopic (exact) mass is 355 g/mol. The molecule has 3 rings (SSSR count). The van der Waals surface area contributed by atoms with Crippen LogP contribution in [0, 0.1) is 0 Å². The molecular formula is C22H27S2+. The molecule has 0 atom stereocenters. The number of hydrogen-bond acceptors (Lipinski definition) is 1. The molecule has 0 aliphatic carbocycles. The summed E-state index contributed by atoms with van der Waals surface area (Å²) in [6.07, 6.45) is 10.1. The van der Waals surface area contributed by atoms with Crippen molar-refractivity contribution < 1.29 is 0 Å². The number of rotatable bonds is 7. The third kappa shape index (κ3) is 3.92. The zero-order chi connectivity index (χ0) is 16.8. The molecule has 0 bridgehead atoms. The van der Waals surface area contributed by atoms with Gasteiger partial charge in [-0.05, 0) is 49.6 Å². The summed E-state index contributed by atoms with van der Waals surface area (Å²) in [4.78, 5) is 7.60. The van der Waals surface area contributed by atoms with Gasteiger partial charge in [-0.25, -0.2) is 0 Å². The molecule has 0 saturated carbocycles. The van der Waals surface area contributed by atoms with Crippen molar-refractivity contribution >= 4 is 22.7 Å². The number of unbranched alkanes of at least 4 members (excludes halogenated alkanes) is 3. The second-order valence-corrected chi connectivity index (χ2v) is 9.32. The van der Waals surface area contributed by atoms with E-state index in [9.17, 15) is 0 Å². The van der Waals surface area contributed by atoms with Gasteiger partial charge >= 0.3 is 0 Å². The van der Waals surface area contributed by atoms with Gasteiger partial charge in [0.2, 0.25) is 0 Å². The highest BCUT2D eigenvalue weighted by Crippen LogP contribution is 2.48. The van der Waals surface area contributed by atoms with Crippen LogP contribution in [0.5, 0.6) is 0 Å². The summed E-state index contributed by atoms with van der Waals surface area (Å²) in [5.41, 5.74) is 0. The van der Waals surface area contributed by atoms with Crippen LogP contribution in [-0.2, 0) is 10.9 Å². The predicted molar refractivity (Wildman–Crippen MR) is 108 cm³/mol. The van der Waals surface area contributed by atoms with Gasteiger partial charge in [0.05, 0.1) is 20.7 Å². The quantitative estimate of drug-likeness (QED) is 0.367. The minimum absolute atomic E-state index is 0.103. The average molecular weight is 356 g/mol. The number of allylic oxidation sites excluding steroid dienone is 2. The molecule has 1 heterocycles. The predicted octanol–water partition coefficient (Wildman–Crippen LogP) is 7.45. The van der Waals surface area contributed by atoms with Gasteiger partial charge in [-0.1, -0.05) is 62.7 Å². The topological polar surface area (TPSA) is 0 Å². The van der Waals surface area contributed by atoms with E-state index in [1.807, 2.05) is 11.8 Å². The van der Waals surface area contributed by atoms with Crippen molar-refractivity contribution in [2.45, 2.75) is 72.0 Å². The van der Waals surface area contributed by atoms with Gasteiger partial charge in [0, 0.05) is 6.42 Å². The van der Waals surface area contributed by atoms with Crippen molar-refractivity contribution in [2.75, 3.05) is 0 Å². The molecule has 24 heavy (non-hydrogen) atoms. The lowest BCUT2D eigenvalue weighted by molar-refractivity contribution is 0.786. The average Bonchev–Trinajstić information content (AvgIpc) is 2.63. The molecule has 0 aromatic heterocycles. The van der Waals surface area contributed by atoms with E-state index in [2.05, 4.69) is 68.5 Å². The maximum absolute atomic E-state index is 2.56. The molecule has 0 fully saturated rings. The summed E-state index contributed by atoms with van der Waals surface area (Å²) in [5.74, 6) is 0. The molecule has 0 saturated heterocycles. The zero-order valence-electron chi connectivity index (χ0n) is 14.8. The summed E-state index contributed by atoms with van der Waals surface area (Å²) in [6, 6.07) is 18.0. The molecule has 1 aliphatic heterocycles. The maximum atomic E-state index is 2.56. The standard InChI is InChI=1S/C22H27S2/c1-3-5-7-13-18(12-6-4-2)24-21-16-10-8-14-19(21)23-20-15-9-11-17-22(20)24/h8-11,13-17H,3-7,12H2,1-2H3/q+1/b18-13-. The van der Waals surface area contributed by atoms with E-state index in [0.29, 0.717) is 0 Å². The molecule has 126 valence electrons. The first-order valence-corrected chi connectivity index (χ1v) is 11.2. The van der Waals surface area contributed by atoms with Crippen LogP contribution in [0.25, 0.3) is 0 Å². The van der Waals surface area contributed by atoms with E-state index in [1.54, 1.807) is 4.91 Å². The first-order chi connectivity index (χ1) is 11.8. The normalized spacial score (nSPS) is 14.3. The van der Waals surface area contributed by atoms with E-state index in [-0.39, 0.29) is 10.9 Å².